The van der Waals surface area contributed by atoms with E-state index in [9.17, 15) is 4.79 Å². The van der Waals surface area contributed by atoms with E-state index in [0.29, 0.717) is 12.5 Å². The van der Waals surface area contributed by atoms with Crippen LogP contribution in [0.15, 0.2) is 48.5 Å². The number of thiazole rings is 1. The van der Waals surface area contributed by atoms with Gasteiger partial charge in [0.15, 0.2) is 0 Å². The lowest BCUT2D eigenvalue weighted by Crippen LogP contribution is -2.42. The number of likely N-dealkylation sites (tertiary alicyclic amines) is 1. The quantitative estimate of drug-likeness (QED) is 0.594. The molecule has 0 saturated carbocycles. The Bertz CT molecular complexity index is 925. The molecule has 0 unspecified atom stereocenters. The van der Waals surface area contributed by atoms with E-state index < -0.39 is 0 Å². The monoisotopic (exact) mass is 407 g/mol. The average molecular weight is 408 g/mol. The minimum atomic E-state index is 0.237. The predicted molar refractivity (Wildman–Crippen MR) is 120 cm³/mol. The number of fused-ring (bicyclic) bond motifs is 1. The van der Waals surface area contributed by atoms with Crippen LogP contribution < -0.4 is 0 Å². The van der Waals surface area contributed by atoms with Crippen molar-refractivity contribution in [2.24, 2.45) is 0 Å². The molecule has 0 atom stereocenters. The van der Waals surface area contributed by atoms with Gasteiger partial charge in [-0.3, -0.25) is 9.69 Å². The van der Waals surface area contributed by atoms with Gasteiger partial charge in [-0.1, -0.05) is 43.3 Å². The number of amides is 1. The molecule has 3 aromatic rings. The van der Waals surface area contributed by atoms with Crippen LogP contribution in [0.2, 0.25) is 0 Å². The highest BCUT2D eigenvalue weighted by Gasteiger charge is 2.26. The largest absolute Gasteiger partial charge is 0.342 e. The molecule has 0 bridgehead atoms. The highest BCUT2D eigenvalue weighted by molar-refractivity contribution is 7.18. The molecule has 2 aromatic carbocycles. The van der Waals surface area contributed by atoms with E-state index >= 15 is 0 Å². The number of benzene rings is 2. The Morgan fingerprint density at radius 3 is 2.48 bits per heavy atom. The molecular weight excluding hydrogens is 378 g/mol. The van der Waals surface area contributed by atoms with E-state index in [1.54, 1.807) is 11.3 Å². The topological polar surface area (TPSA) is 36.4 Å². The van der Waals surface area contributed by atoms with E-state index in [4.69, 9.17) is 4.98 Å². The summed E-state index contributed by atoms with van der Waals surface area (Å²) >= 11 is 1.81. The van der Waals surface area contributed by atoms with Crippen molar-refractivity contribution in [3.63, 3.8) is 0 Å². The summed E-state index contributed by atoms with van der Waals surface area (Å²) in [5, 5.41) is 1.23. The number of aromatic nitrogens is 1. The number of aryl methyl sites for hydroxylation is 1. The van der Waals surface area contributed by atoms with Gasteiger partial charge in [-0.05, 0) is 49.6 Å². The van der Waals surface area contributed by atoms with Gasteiger partial charge in [0.1, 0.15) is 0 Å². The maximum Gasteiger partial charge on any atom is 0.236 e. The Morgan fingerprint density at radius 1 is 1.10 bits per heavy atom. The number of likely N-dealkylation sites (N-methyl/N-ethyl adjacent to an activating group) is 1. The second-order valence-electron chi connectivity index (χ2n) is 8.02. The summed E-state index contributed by atoms with van der Waals surface area (Å²) in [6, 6.07) is 17.0. The third-order valence-electron chi connectivity index (χ3n) is 5.80. The summed E-state index contributed by atoms with van der Waals surface area (Å²) < 4.78 is 1.26. The van der Waals surface area contributed by atoms with Crippen LogP contribution in [0.5, 0.6) is 0 Å². The molecule has 29 heavy (non-hydrogen) atoms. The van der Waals surface area contributed by atoms with Crippen LogP contribution in [-0.4, -0.2) is 47.4 Å². The van der Waals surface area contributed by atoms with E-state index in [1.807, 2.05) is 18.0 Å². The minimum absolute atomic E-state index is 0.237. The fourth-order valence-corrected chi connectivity index (χ4v) is 5.16. The van der Waals surface area contributed by atoms with Crippen molar-refractivity contribution in [2.45, 2.75) is 38.6 Å². The molecule has 0 N–H and O–H groups in total. The van der Waals surface area contributed by atoms with E-state index in [2.05, 4.69) is 54.3 Å². The van der Waals surface area contributed by atoms with E-state index in [0.717, 1.165) is 44.4 Å². The first-order valence-corrected chi connectivity index (χ1v) is 11.3. The second-order valence-corrected chi connectivity index (χ2v) is 9.08. The number of hydrogen-bond acceptors (Lipinski definition) is 4. The molecule has 1 aliphatic heterocycles. The Hall–Kier alpha value is -2.24. The number of nitrogens with zero attached hydrogens (tertiary/aromatic N) is 3. The Balaban J connectivity index is 1.28. The Morgan fingerprint density at radius 2 is 1.79 bits per heavy atom. The minimum Gasteiger partial charge on any atom is -0.342 e. The molecule has 1 amide bonds. The van der Waals surface area contributed by atoms with Gasteiger partial charge in [-0.15, -0.1) is 11.3 Å². The summed E-state index contributed by atoms with van der Waals surface area (Å²) in [6.45, 7) is 5.11. The molecular formula is C24H29N3OS. The normalized spacial score (nSPS) is 15.3. The number of rotatable bonds is 6. The smallest absolute Gasteiger partial charge is 0.236 e. The first-order chi connectivity index (χ1) is 14.1. The highest BCUT2D eigenvalue weighted by Crippen LogP contribution is 2.33. The van der Waals surface area contributed by atoms with Crippen LogP contribution in [0.4, 0.5) is 0 Å². The number of carbonyl (C=O) groups excluding carboxylic acids is 1. The molecule has 0 aliphatic carbocycles. The Kier molecular flexibility index (Phi) is 6.26. The van der Waals surface area contributed by atoms with Crippen molar-refractivity contribution in [2.75, 3.05) is 26.7 Å². The van der Waals surface area contributed by atoms with E-state index in [1.165, 1.54) is 20.8 Å². The molecule has 4 rings (SSSR count). The molecule has 1 aromatic heterocycles. The number of para-hydroxylation sites is 1. The SMILES string of the molecule is CCc1ccc(CN(C)CC(=O)N2CCC(c3nc4ccccc4s3)CC2)cc1. The molecule has 2 heterocycles. The molecule has 1 fully saturated rings. The zero-order valence-corrected chi connectivity index (χ0v) is 18.1. The summed E-state index contributed by atoms with van der Waals surface area (Å²) in [4.78, 5) is 21.7. The molecule has 1 saturated heterocycles. The van der Waals surface area contributed by atoms with Crippen LogP contribution in [0, 0.1) is 0 Å². The van der Waals surface area contributed by atoms with Gasteiger partial charge in [-0.2, -0.15) is 0 Å². The zero-order chi connectivity index (χ0) is 20.2. The Labute approximate surface area is 177 Å². The van der Waals surface area contributed by atoms with Gasteiger partial charge in [0, 0.05) is 25.6 Å². The van der Waals surface area contributed by atoms with Gasteiger partial charge in [0.05, 0.1) is 21.8 Å². The molecule has 5 heteroatoms. The second kappa shape index (κ2) is 9.06. The first-order valence-electron chi connectivity index (χ1n) is 10.5. The van der Waals surface area contributed by atoms with Gasteiger partial charge in [0.25, 0.3) is 0 Å². The third-order valence-corrected chi connectivity index (χ3v) is 7.00. The van der Waals surface area contributed by atoms with Gasteiger partial charge >= 0.3 is 0 Å². The number of hydrogen-bond donors (Lipinski definition) is 0. The van der Waals surface area contributed by atoms with Gasteiger partial charge in [0.2, 0.25) is 5.91 Å². The molecule has 152 valence electrons. The lowest BCUT2D eigenvalue weighted by molar-refractivity contribution is -0.133. The van der Waals surface area contributed by atoms with Crippen LogP contribution in [0.25, 0.3) is 10.2 Å². The zero-order valence-electron chi connectivity index (χ0n) is 17.3. The van der Waals surface area contributed by atoms with Gasteiger partial charge in [-0.25, -0.2) is 4.98 Å². The third kappa shape index (κ3) is 4.85. The highest BCUT2D eigenvalue weighted by atomic mass is 32.1. The van der Waals surface area contributed by atoms with Crippen LogP contribution >= 0.6 is 11.3 Å². The summed E-state index contributed by atoms with van der Waals surface area (Å²) in [5.74, 6) is 0.715. The summed E-state index contributed by atoms with van der Waals surface area (Å²) in [7, 11) is 2.03. The van der Waals surface area contributed by atoms with Gasteiger partial charge < -0.3 is 4.90 Å². The van der Waals surface area contributed by atoms with Crippen molar-refractivity contribution in [1.82, 2.24) is 14.8 Å². The van der Waals surface area contributed by atoms with Crippen LogP contribution in [0.3, 0.4) is 0 Å². The van der Waals surface area contributed by atoms with Crippen molar-refractivity contribution in [1.29, 1.82) is 0 Å². The van der Waals surface area contributed by atoms with E-state index in [-0.39, 0.29) is 5.91 Å². The maximum atomic E-state index is 12.8. The first kappa shape index (κ1) is 20.0. The fourth-order valence-electron chi connectivity index (χ4n) is 4.02. The molecule has 0 radical (unpaired) electrons. The molecule has 0 spiro atoms. The van der Waals surface area contributed by atoms with Crippen molar-refractivity contribution >= 4 is 27.5 Å². The molecule has 1 aliphatic rings. The number of carbonyl (C=O) groups is 1. The molecule has 4 nitrogen and oxygen atoms in total. The lowest BCUT2D eigenvalue weighted by Gasteiger charge is -2.32. The van der Waals surface area contributed by atoms with Crippen molar-refractivity contribution in [3.05, 3.63) is 64.7 Å². The van der Waals surface area contributed by atoms with Crippen molar-refractivity contribution < 1.29 is 4.79 Å². The summed E-state index contributed by atoms with van der Waals surface area (Å²) in [6.07, 6.45) is 3.07. The van der Waals surface area contributed by atoms with Crippen molar-refractivity contribution in [3.8, 4) is 0 Å². The number of piperidine rings is 1. The average Bonchev–Trinajstić information content (AvgIpc) is 3.18. The lowest BCUT2D eigenvalue weighted by atomic mass is 9.97. The summed E-state index contributed by atoms with van der Waals surface area (Å²) in [5.41, 5.74) is 3.70. The fraction of sp³-hybridized carbons (Fsp3) is 0.417. The predicted octanol–water partition coefficient (Wildman–Crippen LogP) is 4.70. The maximum absolute atomic E-state index is 12.8. The van der Waals surface area contributed by atoms with Crippen LogP contribution in [-0.2, 0) is 17.8 Å². The van der Waals surface area contributed by atoms with Crippen LogP contribution in [0.1, 0.15) is 41.8 Å². The standard InChI is InChI=1S/C24H29N3OS/c1-3-18-8-10-19(11-9-18)16-26(2)17-23(28)27-14-12-20(13-15-27)24-25-21-6-4-5-7-22(21)29-24/h4-11,20H,3,12-17H2,1-2H3.